The highest BCUT2D eigenvalue weighted by Crippen LogP contribution is 2.29. The third kappa shape index (κ3) is 3.47. The predicted molar refractivity (Wildman–Crippen MR) is 134 cm³/mol. The summed E-state index contributed by atoms with van der Waals surface area (Å²) in [6, 6.07) is 16.5. The van der Waals surface area contributed by atoms with E-state index < -0.39 is 17.3 Å². The Hall–Kier alpha value is -4.40. The minimum Gasteiger partial charge on any atom is -0.494 e. The van der Waals surface area contributed by atoms with E-state index in [-0.39, 0.29) is 16.9 Å². The number of aryl methyl sites for hydroxylation is 1. The zero-order chi connectivity index (χ0) is 24.9. The summed E-state index contributed by atoms with van der Waals surface area (Å²) in [7, 11) is 1.55. The Morgan fingerprint density at radius 3 is 2.37 bits per heavy atom. The second kappa shape index (κ2) is 8.43. The Balaban J connectivity index is 1.88. The van der Waals surface area contributed by atoms with Crippen molar-refractivity contribution in [3.8, 4) is 22.7 Å². The summed E-state index contributed by atoms with van der Waals surface area (Å²) in [4.78, 5) is 43.3. The van der Waals surface area contributed by atoms with Gasteiger partial charge in [0, 0.05) is 24.5 Å². The molecule has 5 rings (SSSR count). The number of hydrogen-bond donors (Lipinski definition) is 0. The first-order chi connectivity index (χ1) is 16.8. The molecule has 0 spiro atoms. The van der Waals surface area contributed by atoms with Gasteiger partial charge in [-0.2, -0.15) is 4.98 Å². The lowest BCUT2D eigenvalue weighted by atomic mass is 10.1. The number of benzene rings is 2. The van der Waals surface area contributed by atoms with Gasteiger partial charge in [0.1, 0.15) is 5.75 Å². The monoisotopic (exact) mass is 471 g/mol. The fraction of sp³-hybridized carbons (Fsp3) is 0.231. The summed E-state index contributed by atoms with van der Waals surface area (Å²) in [5.74, 6) is 0.947. The number of imidazole rings is 2. The molecule has 3 aromatic heterocycles. The number of ketones is 1. The van der Waals surface area contributed by atoms with Crippen LogP contribution in [0.2, 0.25) is 0 Å². The number of ether oxygens (including phenoxy) is 1. The average Bonchev–Trinajstić information content (AvgIpc) is 3.40. The number of carbonyl (C=O) groups excluding carboxylic acids is 1. The van der Waals surface area contributed by atoms with Gasteiger partial charge in [-0.05, 0) is 45.0 Å². The normalized spacial score (nSPS) is 12.3. The molecule has 0 fully saturated rings. The Bertz CT molecular complexity index is 1690. The summed E-state index contributed by atoms with van der Waals surface area (Å²) < 4.78 is 11.5. The van der Waals surface area contributed by atoms with E-state index in [0.717, 1.165) is 27.3 Å². The highest BCUT2D eigenvalue weighted by atomic mass is 16.5. The standard InChI is InChI=1S/C26H25N5O4/c1-5-35-20-13-11-19(12-14-20)31-21(18-9-7-6-8-10-18)15-29-22-23(27-25(29)31)28(4)26(34)30(24(22)33)16(2)17(3)32/h6-16H,5H2,1-4H3/t16-/m0/s1. The van der Waals surface area contributed by atoms with Crippen LogP contribution in [-0.4, -0.2) is 35.5 Å². The van der Waals surface area contributed by atoms with E-state index in [9.17, 15) is 14.4 Å². The van der Waals surface area contributed by atoms with Crippen molar-refractivity contribution in [2.24, 2.45) is 7.05 Å². The van der Waals surface area contributed by atoms with Gasteiger partial charge < -0.3 is 4.74 Å². The van der Waals surface area contributed by atoms with Gasteiger partial charge in [-0.3, -0.25) is 23.1 Å². The summed E-state index contributed by atoms with van der Waals surface area (Å²) in [5.41, 5.74) is 1.92. The zero-order valence-electron chi connectivity index (χ0n) is 19.9. The Morgan fingerprint density at radius 2 is 1.74 bits per heavy atom. The number of carbonyl (C=O) groups is 1. The molecular formula is C26H25N5O4. The molecule has 0 N–H and O–H groups in total. The maximum absolute atomic E-state index is 13.5. The molecular weight excluding hydrogens is 446 g/mol. The Labute approximate surface area is 200 Å². The van der Waals surface area contributed by atoms with Crippen LogP contribution in [0.1, 0.15) is 26.8 Å². The molecule has 9 heteroatoms. The first-order valence-corrected chi connectivity index (χ1v) is 11.4. The second-order valence-corrected chi connectivity index (χ2v) is 8.40. The highest BCUT2D eigenvalue weighted by Gasteiger charge is 2.25. The van der Waals surface area contributed by atoms with Gasteiger partial charge in [0.15, 0.2) is 16.9 Å². The fourth-order valence-electron chi connectivity index (χ4n) is 4.31. The molecule has 0 aliphatic carbocycles. The summed E-state index contributed by atoms with van der Waals surface area (Å²) >= 11 is 0. The SMILES string of the molecule is CCOc1ccc(-n2c(-c3ccccc3)cn3c4c(=O)n([C@@H](C)C(C)=O)c(=O)n(C)c4nc23)cc1. The molecule has 3 heterocycles. The maximum Gasteiger partial charge on any atom is 0.333 e. The van der Waals surface area contributed by atoms with Crippen LogP contribution >= 0.6 is 0 Å². The van der Waals surface area contributed by atoms with Crippen LogP contribution in [0.5, 0.6) is 5.75 Å². The van der Waals surface area contributed by atoms with E-state index in [1.807, 2.05) is 72.3 Å². The number of nitrogens with zero attached hydrogens (tertiary/aromatic N) is 5. The van der Waals surface area contributed by atoms with Gasteiger partial charge in [0.25, 0.3) is 5.56 Å². The topological polar surface area (TPSA) is 92.5 Å². The van der Waals surface area contributed by atoms with E-state index in [2.05, 4.69) is 0 Å². The molecule has 2 aromatic carbocycles. The third-order valence-corrected chi connectivity index (χ3v) is 6.25. The molecule has 35 heavy (non-hydrogen) atoms. The van der Waals surface area contributed by atoms with Gasteiger partial charge >= 0.3 is 5.69 Å². The number of fused-ring (bicyclic) bond motifs is 3. The molecule has 0 aliphatic rings. The third-order valence-electron chi connectivity index (χ3n) is 6.25. The van der Waals surface area contributed by atoms with Gasteiger partial charge in [-0.25, -0.2) is 9.36 Å². The molecule has 0 amide bonds. The molecule has 0 unspecified atom stereocenters. The first-order valence-electron chi connectivity index (χ1n) is 11.4. The van der Waals surface area contributed by atoms with Crippen molar-refractivity contribution >= 4 is 22.7 Å². The van der Waals surface area contributed by atoms with Gasteiger partial charge in [0.05, 0.1) is 18.3 Å². The van der Waals surface area contributed by atoms with Crippen LogP contribution in [0.3, 0.4) is 0 Å². The average molecular weight is 472 g/mol. The molecule has 0 radical (unpaired) electrons. The van der Waals surface area contributed by atoms with Crippen molar-refractivity contribution in [2.75, 3.05) is 6.61 Å². The van der Waals surface area contributed by atoms with Crippen LogP contribution in [0.4, 0.5) is 0 Å². The minimum atomic E-state index is -0.891. The van der Waals surface area contributed by atoms with E-state index in [1.54, 1.807) is 18.4 Å². The van der Waals surface area contributed by atoms with Crippen molar-refractivity contribution in [2.45, 2.75) is 26.8 Å². The summed E-state index contributed by atoms with van der Waals surface area (Å²) in [6.45, 7) is 5.41. The molecule has 0 saturated carbocycles. The maximum atomic E-state index is 13.5. The lowest BCUT2D eigenvalue weighted by Gasteiger charge is -2.12. The molecule has 9 nitrogen and oxygen atoms in total. The second-order valence-electron chi connectivity index (χ2n) is 8.40. The van der Waals surface area contributed by atoms with E-state index in [0.29, 0.717) is 12.4 Å². The van der Waals surface area contributed by atoms with Crippen molar-refractivity contribution in [3.63, 3.8) is 0 Å². The first kappa shape index (κ1) is 22.4. The van der Waals surface area contributed by atoms with Crippen LogP contribution in [0.15, 0.2) is 70.4 Å². The Kier molecular flexibility index (Phi) is 5.39. The van der Waals surface area contributed by atoms with E-state index >= 15 is 0 Å². The van der Waals surface area contributed by atoms with Crippen LogP contribution < -0.4 is 16.0 Å². The highest BCUT2D eigenvalue weighted by molar-refractivity contribution is 5.82. The molecule has 0 bridgehead atoms. The smallest absolute Gasteiger partial charge is 0.333 e. The van der Waals surface area contributed by atoms with Crippen molar-refractivity contribution in [3.05, 3.63) is 81.6 Å². The fourth-order valence-corrected chi connectivity index (χ4v) is 4.31. The van der Waals surface area contributed by atoms with E-state index in [1.165, 1.54) is 11.5 Å². The number of Topliss-reactive ketones (excluding diaryl/α,β-unsaturated/α-hetero) is 1. The number of aromatic nitrogens is 5. The van der Waals surface area contributed by atoms with Crippen molar-refractivity contribution in [1.29, 1.82) is 0 Å². The molecule has 5 aromatic rings. The van der Waals surface area contributed by atoms with Crippen LogP contribution in [0.25, 0.3) is 33.9 Å². The summed E-state index contributed by atoms with van der Waals surface area (Å²) in [6.07, 6.45) is 1.84. The molecule has 1 atom stereocenters. The minimum absolute atomic E-state index is 0.233. The quantitative estimate of drug-likeness (QED) is 0.379. The van der Waals surface area contributed by atoms with Gasteiger partial charge in [0.2, 0.25) is 5.78 Å². The largest absolute Gasteiger partial charge is 0.494 e. The lowest BCUT2D eigenvalue weighted by Crippen LogP contribution is -2.42. The number of rotatable bonds is 6. The molecule has 178 valence electrons. The predicted octanol–water partition coefficient (Wildman–Crippen LogP) is 3.35. The lowest BCUT2D eigenvalue weighted by molar-refractivity contribution is -0.119. The summed E-state index contributed by atoms with van der Waals surface area (Å²) in [5, 5.41) is 0. The number of hydrogen-bond acceptors (Lipinski definition) is 5. The molecule has 0 aliphatic heterocycles. The van der Waals surface area contributed by atoms with Crippen molar-refractivity contribution < 1.29 is 9.53 Å². The van der Waals surface area contributed by atoms with Crippen molar-refractivity contribution in [1.82, 2.24) is 23.1 Å². The van der Waals surface area contributed by atoms with E-state index in [4.69, 9.17) is 9.72 Å². The van der Waals surface area contributed by atoms with Gasteiger partial charge in [-0.15, -0.1) is 0 Å². The van der Waals surface area contributed by atoms with Gasteiger partial charge in [-0.1, -0.05) is 30.3 Å². The molecule has 0 saturated heterocycles. The zero-order valence-corrected chi connectivity index (χ0v) is 19.9. The van der Waals surface area contributed by atoms with Crippen LogP contribution in [0, 0.1) is 0 Å². The Morgan fingerprint density at radius 1 is 1.06 bits per heavy atom. The van der Waals surface area contributed by atoms with Crippen LogP contribution in [-0.2, 0) is 11.8 Å².